The molecule has 1 saturated heterocycles. The smallest absolute Gasteiger partial charge is 0.312 e. The maximum atomic E-state index is 13.9. The van der Waals surface area contributed by atoms with Gasteiger partial charge >= 0.3 is 11.8 Å². The molecule has 1 aliphatic carbocycles. The number of carbonyl (C=O) groups excluding carboxylic acids is 2. The van der Waals surface area contributed by atoms with E-state index < -0.39 is 11.8 Å². The maximum absolute atomic E-state index is 13.9. The Hall–Kier alpha value is -2.35. The Bertz CT molecular complexity index is 834. The molecule has 1 aromatic heterocycles. The third kappa shape index (κ3) is 3.21. The van der Waals surface area contributed by atoms with Gasteiger partial charge in [-0.2, -0.15) is 0 Å². The zero-order valence-corrected chi connectivity index (χ0v) is 15.0. The topological polar surface area (TPSA) is 66.4 Å². The first-order valence-corrected chi connectivity index (χ1v) is 9.62. The fraction of sp³-hybridized carbons (Fsp3) is 0.444. The molecule has 2 aliphatic rings. The summed E-state index contributed by atoms with van der Waals surface area (Å²) in [6.07, 6.45) is 4.22. The number of halogens is 1. The van der Waals surface area contributed by atoms with Gasteiger partial charge in [0.25, 0.3) is 0 Å². The van der Waals surface area contributed by atoms with Gasteiger partial charge in [-0.25, -0.2) is 4.39 Å². The van der Waals surface area contributed by atoms with E-state index in [-0.39, 0.29) is 18.4 Å². The minimum Gasteiger partial charge on any atom is -0.330 e. The summed E-state index contributed by atoms with van der Waals surface area (Å²) in [6, 6.07) is 6.59. The van der Waals surface area contributed by atoms with Crippen LogP contribution in [-0.4, -0.2) is 50.9 Å². The number of benzene rings is 1. The predicted octanol–water partition coefficient (Wildman–Crippen LogP) is 2.46. The quantitative estimate of drug-likeness (QED) is 0.771. The summed E-state index contributed by atoms with van der Waals surface area (Å²) >= 11 is 1.24. The molecule has 2 aromatic rings. The Labute approximate surface area is 154 Å². The van der Waals surface area contributed by atoms with Crippen LogP contribution in [0.2, 0.25) is 0 Å². The molecule has 0 unspecified atom stereocenters. The third-order valence-corrected chi connectivity index (χ3v) is 5.95. The molecule has 2 fully saturated rings. The standard InChI is InChI=1S/C18H19FN4O2S/c19-14-8-4-3-7-13(14)16-21-20-15(26-16)11-22-9-10-23(18(25)17(22)24)12-5-1-2-6-12/h3-4,7-8,12H,1-2,5-6,9-11H2. The number of carbonyl (C=O) groups is 2. The lowest BCUT2D eigenvalue weighted by Crippen LogP contribution is -2.56. The Kier molecular flexibility index (Phi) is 4.67. The summed E-state index contributed by atoms with van der Waals surface area (Å²) in [4.78, 5) is 28.1. The van der Waals surface area contributed by atoms with Crippen LogP contribution in [0, 0.1) is 5.82 Å². The SMILES string of the molecule is O=C1C(=O)N(C2CCCC2)CCN1Cc1nnc(-c2ccccc2F)s1. The van der Waals surface area contributed by atoms with Gasteiger partial charge in [-0.3, -0.25) is 9.59 Å². The van der Waals surface area contributed by atoms with Crippen LogP contribution in [0.4, 0.5) is 4.39 Å². The third-order valence-electron chi connectivity index (χ3n) is 5.00. The van der Waals surface area contributed by atoms with Crippen LogP contribution in [0.15, 0.2) is 24.3 Å². The highest BCUT2D eigenvalue weighted by Gasteiger charge is 2.37. The molecular formula is C18H19FN4O2S. The van der Waals surface area contributed by atoms with Gasteiger partial charge in [0.15, 0.2) is 5.01 Å². The Morgan fingerprint density at radius 1 is 1.08 bits per heavy atom. The lowest BCUT2D eigenvalue weighted by molar-refractivity contribution is -0.158. The summed E-state index contributed by atoms with van der Waals surface area (Å²) in [6.45, 7) is 1.29. The van der Waals surface area contributed by atoms with Gasteiger partial charge in [-0.15, -0.1) is 10.2 Å². The fourth-order valence-corrected chi connectivity index (χ4v) is 4.51. The van der Waals surface area contributed by atoms with Gasteiger partial charge in [0.05, 0.1) is 6.54 Å². The molecule has 2 amide bonds. The fourth-order valence-electron chi connectivity index (χ4n) is 3.63. The molecule has 0 N–H and O–H groups in total. The lowest BCUT2D eigenvalue weighted by atomic mass is 10.1. The zero-order chi connectivity index (χ0) is 18.1. The van der Waals surface area contributed by atoms with Crippen LogP contribution in [0.3, 0.4) is 0 Å². The Morgan fingerprint density at radius 2 is 1.85 bits per heavy atom. The van der Waals surface area contributed by atoms with Gasteiger partial charge in [-0.1, -0.05) is 36.3 Å². The van der Waals surface area contributed by atoms with Crippen LogP contribution in [-0.2, 0) is 16.1 Å². The first kappa shape index (κ1) is 17.1. The number of nitrogens with zero attached hydrogens (tertiary/aromatic N) is 4. The predicted molar refractivity (Wildman–Crippen MR) is 94.7 cm³/mol. The molecule has 2 heterocycles. The molecular weight excluding hydrogens is 355 g/mol. The number of rotatable bonds is 4. The van der Waals surface area contributed by atoms with Crippen molar-refractivity contribution in [1.82, 2.24) is 20.0 Å². The Morgan fingerprint density at radius 3 is 2.62 bits per heavy atom. The van der Waals surface area contributed by atoms with E-state index in [1.54, 1.807) is 23.1 Å². The maximum Gasteiger partial charge on any atom is 0.312 e. The van der Waals surface area contributed by atoms with Gasteiger partial charge in [0, 0.05) is 24.7 Å². The summed E-state index contributed by atoms with van der Waals surface area (Å²) in [5.74, 6) is -1.25. The molecule has 1 saturated carbocycles. The van der Waals surface area contributed by atoms with E-state index >= 15 is 0 Å². The zero-order valence-electron chi connectivity index (χ0n) is 14.2. The number of hydrogen-bond acceptors (Lipinski definition) is 5. The summed E-state index contributed by atoms with van der Waals surface area (Å²) in [5.41, 5.74) is 0.393. The number of hydrogen-bond donors (Lipinski definition) is 0. The normalized spacial score (nSPS) is 18.8. The minimum atomic E-state index is -0.481. The van der Waals surface area contributed by atoms with E-state index in [2.05, 4.69) is 10.2 Å². The van der Waals surface area contributed by atoms with Crippen LogP contribution in [0.5, 0.6) is 0 Å². The van der Waals surface area contributed by atoms with Crippen LogP contribution < -0.4 is 0 Å². The van der Waals surface area contributed by atoms with E-state index in [0.29, 0.717) is 28.7 Å². The molecule has 0 bridgehead atoms. The molecule has 8 heteroatoms. The molecule has 1 aromatic carbocycles. The van der Waals surface area contributed by atoms with Crippen molar-refractivity contribution in [3.05, 3.63) is 35.1 Å². The lowest BCUT2D eigenvalue weighted by Gasteiger charge is -2.36. The molecule has 26 heavy (non-hydrogen) atoms. The molecule has 4 rings (SSSR count). The minimum absolute atomic E-state index is 0.211. The van der Waals surface area contributed by atoms with Crippen molar-refractivity contribution >= 4 is 23.2 Å². The number of piperazine rings is 1. The molecule has 0 radical (unpaired) electrons. The summed E-state index contributed by atoms with van der Waals surface area (Å²) in [5, 5.41) is 9.17. The molecule has 136 valence electrons. The van der Waals surface area contributed by atoms with E-state index in [0.717, 1.165) is 25.7 Å². The van der Waals surface area contributed by atoms with Crippen LogP contribution in [0.1, 0.15) is 30.7 Å². The largest absolute Gasteiger partial charge is 0.330 e. The second kappa shape index (κ2) is 7.11. The first-order valence-electron chi connectivity index (χ1n) is 8.80. The molecule has 0 spiro atoms. The van der Waals surface area contributed by atoms with Crippen molar-refractivity contribution in [2.75, 3.05) is 13.1 Å². The van der Waals surface area contributed by atoms with Crippen molar-refractivity contribution in [3.63, 3.8) is 0 Å². The van der Waals surface area contributed by atoms with Gasteiger partial charge in [0.2, 0.25) is 0 Å². The van der Waals surface area contributed by atoms with Crippen LogP contribution in [0.25, 0.3) is 10.6 Å². The highest BCUT2D eigenvalue weighted by molar-refractivity contribution is 7.14. The van der Waals surface area contributed by atoms with Crippen molar-refractivity contribution in [1.29, 1.82) is 0 Å². The van der Waals surface area contributed by atoms with E-state index in [1.165, 1.54) is 22.3 Å². The van der Waals surface area contributed by atoms with E-state index in [4.69, 9.17) is 0 Å². The molecule has 0 atom stereocenters. The van der Waals surface area contributed by atoms with Crippen molar-refractivity contribution in [2.45, 2.75) is 38.3 Å². The van der Waals surface area contributed by atoms with Gasteiger partial charge in [-0.05, 0) is 25.0 Å². The molecule has 1 aliphatic heterocycles. The summed E-state index contributed by atoms with van der Waals surface area (Å²) in [7, 11) is 0. The summed E-state index contributed by atoms with van der Waals surface area (Å²) < 4.78 is 13.9. The van der Waals surface area contributed by atoms with Crippen LogP contribution >= 0.6 is 11.3 Å². The molecule has 6 nitrogen and oxygen atoms in total. The van der Waals surface area contributed by atoms with E-state index in [1.807, 2.05) is 0 Å². The highest BCUT2D eigenvalue weighted by Crippen LogP contribution is 2.28. The second-order valence-corrected chi connectivity index (χ2v) is 7.71. The Balaban J connectivity index is 1.44. The number of aromatic nitrogens is 2. The van der Waals surface area contributed by atoms with Gasteiger partial charge < -0.3 is 9.80 Å². The van der Waals surface area contributed by atoms with Crippen molar-refractivity contribution < 1.29 is 14.0 Å². The van der Waals surface area contributed by atoms with Crippen molar-refractivity contribution in [2.24, 2.45) is 0 Å². The number of amides is 2. The first-order chi connectivity index (χ1) is 12.6. The second-order valence-electron chi connectivity index (χ2n) is 6.64. The van der Waals surface area contributed by atoms with E-state index in [9.17, 15) is 14.0 Å². The highest BCUT2D eigenvalue weighted by atomic mass is 32.1. The monoisotopic (exact) mass is 374 g/mol. The average molecular weight is 374 g/mol. The van der Waals surface area contributed by atoms with Crippen molar-refractivity contribution in [3.8, 4) is 10.6 Å². The van der Waals surface area contributed by atoms with Gasteiger partial charge in [0.1, 0.15) is 10.8 Å². The average Bonchev–Trinajstić information content (AvgIpc) is 3.32.